The van der Waals surface area contributed by atoms with Crippen LogP contribution in [0, 0.1) is 0 Å². The molecule has 0 spiro atoms. The molecule has 1 aliphatic heterocycles. The summed E-state index contributed by atoms with van der Waals surface area (Å²) in [5.74, 6) is 0.672. The van der Waals surface area contributed by atoms with E-state index in [2.05, 4.69) is 14.9 Å². The van der Waals surface area contributed by atoms with Crippen LogP contribution in [0.3, 0.4) is 0 Å². The first-order chi connectivity index (χ1) is 15.1. The first-order valence-electron chi connectivity index (χ1n) is 10.4. The minimum Gasteiger partial charge on any atom is -0.495 e. The average Bonchev–Trinajstić information content (AvgIpc) is 2.81. The Balaban J connectivity index is 1.62. The number of ether oxygens (including phenoxy) is 1. The lowest BCUT2D eigenvalue weighted by atomic mass is 10.0. The third-order valence-electron chi connectivity index (χ3n) is 5.42. The average molecular weight is 438 g/mol. The lowest BCUT2D eigenvalue weighted by Gasteiger charge is -2.30. The lowest BCUT2D eigenvalue weighted by molar-refractivity contribution is 0.412. The minimum atomic E-state index is -3.76. The fourth-order valence-corrected chi connectivity index (χ4v) is 4.90. The number of piperazine rings is 1. The highest BCUT2D eigenvalue weighted by atomic mass is 32.2. The fraction of sp³-hybridized carbons (Fsp3) is 0.250. The maximum Gasteiger partial charge on any atom is 0.261 e. The van der Waals surface area contributed by atoms with Crippen LogP contribution in [-0.4, -0.2) is 41.7 Å². The van der Waals surface area contributed by atoms with Crippen LogP contribution in [0.5, 0.6) is 5.75 Å². The summed E-state index contributed by atoms with van der Waals surface area (Å²) in [6, 6.07) is 22.5. The second kappa shape index (κ2) is 9.41. The van der Waals surface area contributed by atoms with Gasteiger partial charge in [0.1, 0.15) is 5.75 Å². The van der Waals surface area contributed by atoms with Crippen molar-refractivity contribution in [2.24, 2.45) is 0 Å². The molecule has 31 heavy (non-hydrogen) atoms. The van der Waals surface area contributed by atoms with Crippen molar-refractivity contribution < 1.29 is 13.2 Å². The van der Waals surface area contributed by atoms with Crippen LogP contribution in [0.25, 0.3) is 0 Å². The molecule has 0 aliphatic carbocycles. The zero-order valence-electron chi connectivity index (χ0n) is 17.5. The molecule has 0 bridgehead atoms. The van der Waals surface area contributed by atoms with Gasteiger partial charge in [-0.1, -0.05) is 48.5 Å². The van der Waals surface area contributed by atoms with Gasteiger partial charge in [-0.15, -0.1) is 0 Å². The molecule has 0 radical (unpaired) electrons. The van der Waals surface area contributed by atoms with Gasteiger partial charge in [0.2, 0.25) is 0 Å². The van der Waals surface area contributed by atoms with Crippen molar-refractivity contribution in [1.29, 1.82) is 0 Å². The predicted octanol–water partition coefficient (Wildman–Crippen LogP) is 3.50. The molecule has 3 aromatic carbocycles. The standard InChI is InChI=1S/C24H27N3O3S/c1-30-24-12-11-21(18-23(24)27-15-13-25-14-16-27)31(28,29)26-22-10-6-5-9-20(22)17-19-7-3-2-4-8-19/h2-12,18,25-26H,13-17H2,1H3. The third-order valence-corrected chi connectivity index (χ3v) is 6.78. The Labute approximate surface area is 183 Å². The number of nitrogens with zero attached hydrogens (tertiary/aromatic N) is 1. The number of sulfonamides is 1. The summed E-state index contributed by atoms with van der Waals surface area (Å²) in [5, 5.41) is 3.31. The zero-order valence-corrected chi connectivity index (χ0v) is 18.4. The van der Waals surface area contributed by atoms with Crippen molar-refractivity contribution in [3.63, 3.8) is 0 Å². The summed E-state index contributed by atoms with van der Waals surface area (Å²) in [4.78, 5) is 2.37. The zero-order chi connectivity index (χ0) is 21.7. The van der Waals surface area contributed by atoms with Crippen LogP contribution in [0.2, 0.25) is 0 Å². The van der Waals surface area contributed by atoms with Crippen LogP contribution in [0.15, 0.2) is 77.7 Å². The number of hydrogen-bond acceptors (Lipinski definition) is 5. The van der Waals surface area contributed by atoms with E-state index in [0.29, 0.717) is 17.9 Å². The fourth-order valence-electron chi connectivity index (χ4n) is 3.78. The molecule has 0 unspecified atom stereocenters. The first kappa shape index (κ1) is 21.2. The van der Waals surface area contributed by atoms with Gasteiger partial charge >= 0.3 is 0 Å². The molecule has 0 saturated carbocycles. The maximum absolute atomic E-state index is 13.3. The summed E-state index contributed by atoms with van der Waals surface area (Å²) < 4.78 is 34.8. The molecule has 162 valence electrons. The Bertz CT molecular complexity index is 1130. The number of nitrogens with one attached hydrogen (secondary N) is 2. The molecule has 3 aromatic rings. The van der Waals surface area contributed by atoms with Gasteiger partial charge in [0.05, 0.1) is 23.4 Å². The van der Waals surface area contributed by atoms with Crippen molar-refractivity contribution in [1.82, 2.24) is 5.32 Å². The maximum atomic E-state index is 13.3. The summed E-state index contributed by atoms with van der Waals surface area (Å²) >= 11 is 0. The number of anilines is 2. The van der Waals surface area contributed by atoms with Crippen molar-refractivity contribution >= 4 is 21.4 Å². The van der Waals surface area contributed by atoms with Crippen LogP contribution < -0.4 is 19.7 Å². The Hall–Kier alpha value is -3.03. The quantitative estimate of drug-likeness (QED) is 0.592. The van der Waals surface area contributed by atoms with E-state index < -0.39 is 10.0 Å². The molecule has 1 fully saturated rings. The van der Waals surface area contributed by atoms with E-state index in [1.807, 2.05) is 48.5 Å². The molecule has 1 saturated heterocycles. The molecule has 6 nitrogen and oxygen atoms in total. The van der Waals surface area contributed by atoms with Gasteiger partial charge in [-0.25, -0.2) is 8.42 Å². The van der Waals surface area contributed by atoms with Gasteiger partial charge in [-0.05, 0) is 41.8 Å². The van der Waals surface area contributed by atoms with Gasteiger partial charge in [0.15, 0.2) is 0 Å². The van der Waals surface area contributed by atoms with E-state index in [1.165, 1.54) is 0 Å². The van der Waals surface area contributed by atoms with Crippen molar-refractivity contribution in [2.75, 3.05) is 42.9 Å². The van der Waals surface area contributed by atoms with Gasteiger partial charge in [-0.2, -0.15) is 0 Å². The second-order valence-electron chi connectivity index (χ2n) is 7.50. The Morgan fingerprint density at radius 3 is 2.42 bits per heavy atom. The van der Waals surface area contributed by atoms with E-state index in [9.17, 15) is 8.42 Å². The number of benzene rings is 3. The van der Waals surface area contributed by atoms with Crippen molar-refractivity contribution in [3.05, 3.63) is 83.9 Å². The highest BCUT2D eigenvalue weighted by Gasteiger charge is 2.21. The Morgan fingerprint density at radius 1 is 0.968 bits per heavy atom. The van der Waals surface area contributed by atoms with E-state index in [-0.39, 0.29) is 4.90 Å². The SMILES string of the molecule is COc1ccc(S(=O)(=O)Nc2ccccc2Cc2ccccc2)cc1N1CCNCC1. The summed E-state index contributed by atoms with van der Waals surface area (Å²) in [7, 11) is -2.16. The number of hydrogen-bond donors (Lipinski definition) is 2. The Kier molecular flexibility index (Phi) is 6.44. The van der Waals surface area contributed by atoms with E-state index >= 15 is 0 Å². The highest BCUT2D eigenvalue weighted by molar-refractivity contribution is 7.92. The van der Waals surface area contributed by atoms with Gasteiger partial charge < -0.3 is 15.0 Å². The third kappa shape index (κ3) is 5.00. The molecular weight excluding hydrogens is 410 g/mol. The van der Waals surface area contributed by atoms with Crippen LogP contribution >= 0.6 is 0 Å². The van der Waals surface area contributed by atoms with E-state index in [1.54, 1.807) is 31.4 Å². The van der Waals surface area contributed by atoms with Gasteiger partial charge in [0, 0.05) is 26.2 Å². The number of methoxy groups -OCH3 is 1. The molecule has 4 rings (SSSR count). The summed E-state index contributed by atoms with van der Waals surface area (Å²) in [6.45, 7) is 3.30. The molecule has 1 heterocycles. The topological polar surface area (TPSA) is 70.7 Å². The molecule has 0 atom stereocenters. The van der Waals surface area contributed by atoms with Crippen molar-refractivity contribution in [3.8, 4) is 5.75 Å². The molecular formula is C24H27N3O3S. The lowest BCUT2D eigenvalue weighted by Crippen LogP contribution is -2.43. The largest absolute Gasteiger partial charge is 0.495 e. The van der Waals surface area contributed by atoms with Crippen LogP contribution in [0.1, 0.15) is 11.1 Å². The normalized spacial score (nSPS) is 14.3. The van der Waals surface area contributed by atoms with Crippen LogP contribution in [0.4, 0.5) is 11.4 Å². The first-order valence-corrected chi connectivity index (χ1v) is 11.8. The second-order valence-corrected chi connectivity index (χ2v) is 9.18. The van der Waals surface area contributed by atoms with Gasteiger partial charge in [0.25, 0.3) is 10.0 Å². The predicted molar refractivity (Wildman–Crippen MR) is 125 cm³/mol. The minimum absolute atomic E-state index is 0.219. The summed E-state index contributed by atoms with van der Waals surface area (Å²) in [6.07, 6.45) is 0.647. The van der Waals surface area contributed by atoms with Gasteiger partial charge in [-0.3, -0.25) is 4.72 Å². The number of rotatable bonds is 7. The molecule has 7 heteroatoms. The van der Waals surface area contributed by atoms with Crippen LogP contribution in [-0.2, 0) is 16.4 Å². The molecule has 2 N–H and O–H groups in total. The van der Waals surface area contributed by atoms with E-state index in [4.69, 9.17) is 4.74 Å². The molecule has 0 amide bonds. The van der Waals surface area contributed by atoms with E-state index in [0.717, 1.165) is 43.0 Å². The summed E-state index contributed by atoms with van der Waals surface area (Å²) in [5.41, 5.74) is 3.43. The smallest absolute Gasteiger partial charge is 0.261 e. The van der Waals surface area contributed by atoms with Crippen molar-refractivity contribution in [2.45, 2.75) is 11.3 Å². The Morgan fingerprint density at radius 2 is 1.68 bits per heavy atom. The molecule has 1 aliphatic rings. The monoisotopic (exact) mass is 437 g/mol. The highest BCUT2D eigenvalue weighted by Crippen LogP contribution is 2.32. The number of para-hydroxylation sites is 1. The molecule has 0 aromatic heterocycles.